The summed E-state index contributed by atoms with van der Waals surface area (Å²) in [6, 6.07) is 0. The molecule has 3 aliphatic rings. The van der Waals surface area contributed by atoms with E-state index in [0.717, 1.165) is 90.2 Å². The number of halogens is 1. The molecule has 0 aromatic heterocycles. The molecule has 2 heterocycles. The zero-order chi connectivity index (χ0) is 18.7. The van der Waals surface area contributed by atoms with Crippen LogP contribution in [0.25, 0.3) is 0 Å². The highest BCUT2D eigenvalue weighted by Crippen LogP contribution is 2.26. The summed E-state index contributed by atoms with van der Waals surface area (Å²) < 4.78 is 17.3. The summed E-state index contributed by atoms with van der Waals surface area (Å²) in [6.45, 7) is 7.36. The average molecular weight is 509 g/mol. The highest BCUT2D eigenvalue weighted by atomic mass is 127. The van der Waals surface area contributed by atoms with Gasteiger partial charge < -0.3 is 24.4 Å². The van der Waals surface area contributed by atoms with Gasteiger partial charge in [-0.05, 0) is 44.4 Å². The van der Waals surface area contributed by atoms with Crippen LogP contribution in [0.4, 0.5) is 0 Å². The van der Waals surface area contributed by atoms with Gasteiger partial charge in [-0.15, -0.1) is 24.0 Å². The molecule has 1 N–H and O–H groups in total. The van der Waals surface area contributed by atoms with Crippen molar-refractivity contribution in [1.29, 1.82) is 0 Å². The van der Waals surface area contributed by atoms with Crippen molar-refractivity contribution in [2.45, 2.75) is 57.5 Å². The number of nitrogens with one attached hydrogen (secondary N) is 1. The molecule has 6 nitrogen and oxygen atoms in total. The van der Waals surface area contributed by atoms with Gasteiger partial charge in [0.2, 0.25) is 0 Å². The van der Waals surface area contributed by atoms with Crippen molar-refractivity contribution in [3.63, 3.8) is 0 Å². The summed E-state index contributed by atoms with van der Waals surface area (Å²) in [4.78, 5) is 6.83. The molecule has 2 aliphatic heterocycles. The molecule has 3 rings (SSSR count). The number of ether oxygens (including phenoxy) is 3. The van der Waals surface area contributed by atoms with Crippen LogP contribution in [0.15, 0.2) is 4.99 Å². The Kier molecular flexibility index (Phi) is 12.1. The second-order valence-electron chi connectivity index (χ2n) is 8.30. The lowest BCUT2D eigenvalue weighted by molar-refractivity contribution is 0.00101. The van der Waals surface area contributed by atoms with Crippen LogP contribution in [0.3, 0.4) is 0 Å². The van der Waals surface area contributed by atoms with Crippen molar-refractivity contribution < 1.29 is 14.2 Å². The molecule has 28 heavy (non-hydrogen) atoms. The van der Waals surface area contributed by atoms with Crippen LogP contribution < -0.4 is 5.32 Å². The van der Waals surface area contributed by atoms with Crippen LogP contribution in [0, 0.1) is 11.8 Å². The molecule has 164 valence electrons. The number of piperidine rings is 1. The third kappa shape index (κ3) is 8.32. The molecule has 1 aliphatic carbocycles. The maximum atomic E-state index is 6.18. The quantitative estimate of drug-likeness (QED) is 0.224. The predicted octanol–water partition coefficient (Wildman–Crippen LogP) is 3.29. The number of nitrogens with zero attached hydrogens (tertiary/aromatic N) is 2. The monoisotopic (exact) mass is 509 g/mol. The van der Waals surface area contributed by atoms with Gasteiger partial charge >= 0.3 is 0 Å². The molecule has 1 unspecified atom stereocenters. The third-order valence-electron chi connectivity index (χ3n) is 6.12. The van der Waals surface area contributed by atoms with Crippen LogP contribution in [0.5, 0.6) is 0 Å². The molecular formula is C21H40IN3O3. The fourth-order valence-electron chi connectivity index (χ4n) is 4.35. The Hall–Kier alpha value is -0.120. The van der Waals surface area contributed by atoms with Crippen molar-refractivity contribution in [1.82, 2.24) is 10.2 Å². The lowest BCUT2D eigenvalue weighted by Crippen LogP contribution is -2.47. The van der Waals surface area contributed by atoms with E-state index in [2.05, 4.69) is 15.2 Å². The van der Waals surface area contributed by atoms with Gasteiger partial charge in [-0.3, -0.25) is 4.99 Å². The summed E-state index contributed by atoms with van der Waals surface area (Å²) in [5.41, 5.74) is 0. The van der Waals surface area contributed by atoms with Crippen LogP contribution in [-0.2, 0) is 14.2 Å². The number of likely N-dealkylation sites (tertiary alicyclic amines) is 1. The maximum absolute atomic E-state index is 6.18. The van der Waals surface area contributed by atoms with E-state index in [-0.39, 0.29) is 24.0 Å². The van der Waals surface area contributed by atoms with Crippen LogP contribution in [-0.4, -0.2) is 76.7 Å². The van der Waals surface area contributed by atoms with E-state index >= 15 is 0 Å². The molecule has 2 saturated heterocycles. The normalized spacial score (nSPS) is 24.5. The van der Waals surface area contributed by atoms with Gasteiger partial charge in [-0.1, -0.05) is 12.8 Å². The van der Waals surface area contributed by atoms with Gasteiger partial charge in [0.1, 0.15) is 0 Å². The summed E-state index contributed by atoms with van der Waals surface area (Å²) >= 11 is 0. The lowest BCUT2D eigenvalue weighted by atomic mass is 10.1. The smallest absolute Gasteiger partial charge is 0.193 e. The molecular weight excluding hydrogens is 469 g/mol. The number of rotatable bonds is 9. The van der Waals surface area contributed by atoms with E-state index in [0.29, 0.717) is 12.0 Å². The highest BCUT2D eigenvalue weighted by molar-refractivity contribution is 14.0. The van der Waals surface area contributed by atoms with Crippen molar-refractivity contribution in [3.8, 4) is 0 Å². The SMILES string of the molecule is CN=C(NCCCOCC1CCOC1)N1CCC(OCC2CCCC2)CC1.I. The first-order chi connectivity index (χ1) is 13.3. The minimum absolute atomic E-state index is 0. The lowest BCUT2D eigenvalue weighted by Gasteiger charge is -2.34. The standard InChI is InChI=1S/C21H39N3O3.HI/c1-22-21(23-10-4-13-25-15-19-9-14-26-16-19)24-11-7-20(8-12-24)27-17-18-5-2-3-6-18;/h18-20H,2-17H2,1H3,(H,22,23);1H. The van der Waals surface area contributed by atoms with Crippen molar-refractivity contribution in [2.75, 3.05) is 59.7 Å². The summed E-state index contributed by atoms with van der Waals surface area (Å²) in [5, 5.41) is 3.49. The van der Waals surface area contributed by atoms with Gasteiger partial charge in [0.25, 0.3) is 0 Å². The summed E-state index contributed by atoms with van der Waals surface area (Å²) in [6.07, 6.45) is 10.3. The molecule has 0 aromatic rings. The molecule has 0 radical (unpaired) electrons. The van der Waals surface area contributed by atoms with E-state index in [1.165, 1.54) is 25.7 Å². The molecule has 0 bridgehead atoms. The number of hydrogen-bond donors (Lipinski definition) is 1. The number of guanidine groups is 1. The van der Waals surface area contributed by atoms with Crippen LogP contribution in [0.2, 0.25) is 0 Å². The topological polar surface area (TPSA) is 55.3 Å². The molecule has 3 fully saturated rings. The molecule has 0 spiro atoms. The Morgan fingerprint density at radius 2 is 1.86 bits per heavy atom. The van der Waals surface area contributed by atoms with Gasteiger partial charge in [0.15, 0.2) is 5.96 Å². The third-order valence-corrected chi connectivity index (χ3v) is 6.12. The molecule has 0 aromatic carbocycles. The van der Waals surface area contributed by atoms with Gasteiger partial charge in [0, 0.05) is 52.4 Å². The zero-order valence-electron chi connectivity index (χ0n) is 17.6. The van der Waals surface area contributed by atoms with E-state index in [1.54, 1.807) is 0 Å². The van der Waals surface area contributed by atoms with E-state index < -0.39 is 0 Å². The van der Waals surface area contributed by atoms with Crippen LogP contribution in [0.1, 0.15) is 51.4 Å². The minimum Gasteiger partial charge on any atom is -0.381 e. The van der Waals surface area contributed by atoms with Gasteiger partial charge in [-0.2, -0.15) is 0 Å². The first-order valence-corrected chi connectivity index (χ1v) is 11.1. The van der Waals surface area contributed by atoms with Crippen LogP contribution >= 0.6 is 24.0 Å². The minimum atomic E-state index is 0. The largest absolute Gasteiger partial charge is 0.381 e. The summed E-state index contributed by atoms with van der Waals surface area (Å²) in [5.74, 6) is 2.44. The Morgan fingerprint density at radius 1 is 1.07 bits per heavy atom. The number of aliphatic imine (C=N–C) groups is 1. The average Bonchev–Trinajstić information content (AvgIpc) is 3.40. The molecule has 7 heteroatoms. The Morgan fingerprint density at radius 3 is 2.54 bits per heavy atom. The zero-order valence-corrected chi connectivity index (χ0v) is 19.9. The maximum Gasteiger partial charge on any atom is 0.193 e. The first kappa shape index (κ1) is 24.2. The second kappa shape index (κ2) is 14.0. The fourth-order valence-corrected chi connectivity index (χ4v) is 4.35. The van der Waals surface area contributed by atoms with Crippen molar-refractivity contribution in [3.05, 3.63) is 0 Å². The fraction of sp³-hybridized carbons (Fsp3) is 0.952. The van der Waals surface area contributed by atoms with E-state index in [1.807, 2.05) is 7.05 Å². The predicted molar refractivity (Wildman–Crippen MR) is 124 cm³/mol. The number of hydrogen-bond acceptors (Lipinski definition) is 4. The molecule has 1 atom stereocenters. The molecule has 1 saturated carbocycles. The van der Waals surface area contributed by atoms with Crippen molar-refractivity contribution in [2.24, 2.45) is 16.8 Å². The second-order valence-corrected chi connectivity index (χ2v) is 8.30. The van der Waals surface area contributed by atoms with E-state index in [4.69, 9.17) is 14.2 Å². The Labute approximate surface area is 188 Å². The van der Waals surface area contributed by atoms with Gasteiger partial charge in [-0.25, -0.2) is 0 Å². The van der Waals surface area contributed by atoms with Crippen molar-refractivity contribution >= 4 is 29.9 Å². The first-order valence-electron chi connectivity index (χ1n) is 11.1. The Bertz CT molecular complexity index is 433. The van der Waals surface area contributed by atoms with Gasteiger partial charge in [0.05, 0.1) is 19.3 Å². The molecule has 0 amide bonds. The van der Waals surface area contributed by atoms with E-state index in [9.17, 15) is 0 Å². The highest BCUT2D eigenvalue weighted by Gasteiger charge is 2.23. The summed E-state index contributed by atoms with van der Waals surface area (Å²) in [7, 11) is 1.88. The Balaban J connectivity index is 0.00000280.